The number of carbonyl (C=O) groups excluding carboxylic acids is 2. The molecular weight excluding hydrogens is 502 g/mol. The standard InChI is InChI=1S/C20H23N5O6S3/c1-5-25(6-2)34(28,29)14-9-7-13(8-10-14)17-23-24-20(31-17)32-11-15(26)22-19-21-12(3)16(33-19)18(27)30-4/h7-10H,5-6,11H2,1-4H3,(H,21,22,26). The molecule has 2 aromatic heterocycles. The lowest BCUT2D eigenvalue weighted by molar-refractivity contribution is -0.113. The summed E-state index contributed by atoms with van der Waals surface area (Å²) in [5, 5.41) is 11.0. The van der Waals surface area contributed by atoms with Gasteiger partial charge in [0, 0.05) is 18.7 Å². The topological polar surface area (TPSA) is 145 Å². The third-order valence-electron chi connectivity index (χ3n) is 4.59. The molecule has 1 aromatic carbocycles. The minimum absolute atomic E-state index is 0.0190. The number of aryl methyl sites for hydroxylation is 1. The highest BCUT2D eigenvalue weighted by atomic mass is 32.2. The van der Waals surface area contributed by atoms with Gasteiger partial charge in [-0.2, -0.15) is 4.31 Å². The lowest BCUT2D eigenvalue weighted by atomic mass is 10.2. The van der Waals surface area contributed by atoms with Crippen molar-refractivity contribution in [3.8, 4) is 11.5 Å². The van der Waals surface area contributed by atoms with E-state index in [1.807, 2.05) is 0 Å². The number of esters is 1. The fourth-order valence-electron chi connectivity index (χ4n) is 2.88. The van der Waals surface area contributed by atoms with Crippen molar-refractivity contribution < 1.29 is 27.2 Å². The van der Waals surface area contributed by atoms with Crippen LogP contribution in [-0.2, 0) is 19.6 Å². The van der Waals surface area contributed by atoms with Crippen molar-refractivity contribution in [1.82, 2.24) is 19.5 Å². The number of thioether (sulfide) groups is 1. The molecule has 0 aliphatic carbocycles. The number of nitrogens with zero attached hydrogens (tertiary/aromatic N) is 4. The van der Waals surface area contributed by atoms with Crippen LogP contribution in [0.15, 0.2) is 38.8 Å². The average Bonchev–Trinajstić information content (AvgIpc) is 3.44. The van der Waals surface area contributed by atoms with Gasteiger partial charge in [-0.05, 0) is 31.2 Å². The fraction of sp³-hybridized carbons (Fsp3) is 0.350. The van der Waals surface area contributed by atoms with Crippen LogP contribution in [0.4, 0.5) is 5.13 Å². The highest BCUT2D eigenvalue weighted by Crippen LogP contribution is 2.26. The predicted molar refractivity (Wildman–Crippen MR) is 127 cm³/mol. The molecule has 3 aromatic rings. The number of rotatable bonds is 10. The maximum absolute atomic E-state index is 12.6. The number of sulfonamides is 1. The number of thiazole rings is 1. The maximum Gasteiger partial charge on any atom is 0.350 e. The number of ether oxygens (including phenoxy) is 1. The number of aromatic nitrogens is 3. The molecule has 0 spiro atoms. The summed E-state index contributed by atoms with van der Waals surface area (Å²) in [5.74, 6) is -0.690. The largest absolute Gasteiger partial charge is 0.465 e. The van der Waals surface area contributed by atoms with E-state index in [1.54, 1.807) is 32.9 Å². The summed E-state index contributed by atoms with van der Waals surface area (Å²) in [7, 11) is -2.28. The van der Waals surface area contributed by atoms with Crippen LogP contribution in [0.25, 0.3) is 11.5 Å². The van der Waals surface area contributed by atoms with Crippen LogP contribution < -0.4 is 5.32 Å². The number of hydrogen-bond donors (Lipinski definition) is 1. The van der Waals surface area contributed by atoms with Gasteiger partial charge in [0.15, 0.2) is 5.13 Å². The van der Waals surface area contributed by atoms with Crippen molar-refractivity contribution in [3.63, 3.8) is 0 Å². The zero-order valence-electron chi connectivity index (χ0n) is 18.9. The van der Waals surface area contributed by atoms with Crippen LogP contribution in [0.5, 0.6) is 0 Å². The van der Waals surface area contributed by atoms with Gasteiger partial charge in [0.05, 0.1) is 23.5 Å². The molecule has 0 aliphatic rings. The Balaban J connectivity index is 1.60. The Morgan fingerprint density at radius 1 is 1.18 bits per heavy atom. The molecule has 0 unspecified atom stereocenters. The monoisotopic (exact) mass is 525 g/mol. The van der Waals surface area contributed by atoms with E-state index < -0.39 is 16.0 Å². The summed E-state index contributed by atoms with van der Waals surface area (Å²) in [6.07, 6.45) is 0. The fourth-order valence-corrected chi connectivity index (χ4v) is 5.80. The molecule has 2 heterocycles. The van der Waals surface area contributed by atoms with Crippen molar-refractivity contribution in [3.05, 3.63) is 34.8 Å². The maximum atomic E-state index is 12.6. The molecule has 0 radical (unpaired) electrons. The van der Waals surface area contributed by atoms with Crippen molar-refractivity contribution in [2.24, 2.45) is 0 Å². The van der Waals surface area contributed by atoms with Gasteiger partial charge in [-0.15, -0.1) is 10.2 Å². The number of amides is 1. The molecule has 11 nitrogen and oxygen atoms in total. The molecule has 0 bridgehead atoms. The van der Waals surface area contributed by atoms with Crippen LogP contribution in [0, 0.1) is 6.92 Å². The molecule has 0 atom stereocenters. The van der Waals surface area contributed by atoms with Crippen molar-refractivity contribution in [2.75, 3.05) is 31.3 Å². The van der Waals surface area contributed by atoms with Gasteiger partial charge in [-0.1, -0.05) is 36.9 Å². The minimum atomic E-state index is -3.56. The molecule has 182 valence electrons. The summed E-state index contributed by atoms with van der Waals surface area (Å²) in [6, 6.07) is 6.17. The second-order valence-electron chi connectivity index (χ2n) is 6.75. The highest BCUT2D eigenvalue weighted by Gasteiger charge is 2.22. The number of benzene rings is 1. The third kappa shape index (κ3) is 5.81. The number of hydrogen-bond acceptors (Lipinski definition) is 11. The first-order chi connectivity index (χ1) is 16.2. The minimum Gasteiger partial charge on any atom is -0.465 e. The zero-order chi connectivity index (χ0) is 24.9. The van der Waals surface area contributed by atoms with Crippen LogP contribution in [0.1, 0.15) is 29.2 Å². The van der Waals surface area contributed by atoms with E-state index in [0.717, 1.165) is 23.1 Å². The SMILES string of the molecule is CCN(CC)S(=O)(=O)c1ccc(-c2nnc(SCC(=O)Nc3nc(C)c(C(=O)OC)s3)o2)cc1. The first-order valence-electron chi connectivity index (χ1n) is 10.1. The summed E-state index contributed by atoms with van der Waals surface area (Å²) < 4.78 is 36.8. The highest BCUT2D eigenvalue weighted by molar-refractivity contribution is 7.99. The quantitative estimate of drug-likeness (QED) is 0.310. The zero-order valence-corrected chi connectivity index (χ0v) is 21.3. The molecule has 34 heavy (non-hydrogen) atoms. The first kappa shape index (κ1) is 25.8. The normalized spacial score (nSPS) is 11.6. The van der Waals surface area contributed by atoms with Crippen LogP contribution in [0.3, 0.4) is 0 Å². The molecule has 1 amide bonds. The van der Waals surface area contributed by atoms with Gasteiger partial charge in [0.2, 0.25) is 21.8 Å². The van der Waals surface area contributed by atoms with Crippen LogP contribution in [-0.4, -0.2) is 65.7 Å². The van der Waals surface area contributed by atoms with Crippen molar-refractivity contribution in [2.45, 2.75) is 30.9 Å². The van der Waals surface area contributed by atoms with E-state index in [-0.39, 0.29) is 32.8 Å². The van der Waals surface area contributed by atoms with Gasteiger partial charge in [-0.25, -0.2) is 18.2 Å². The van der Waals surface area contributed by atoms with E-state index in [2.05, 4.69) is 25.2 Å². The van der Waals surface area contributed by atoms with Gasteiger partial charge in [0.1, 0.15) is 4.88 Å². The Hall–Kier alpha value is -2.81. The Morgan fingerprint density at radius 2 is 1.85 bits per heavy atom. The molecule has 0 saturated carbocycles. The number of methoxy groups -OCH3 is 1. The predicted octanol–water partition coefficient (Wildman–Crippen LogP) is 3.05. The number of anilines is 1. The van der Waals surface area contributed by atoms with Crippen LogP contribution >= 0.6 is 23.1 Å². The first-order valence-corrected chi connectivity index (χ1v) is 13.4. The van der Waals surface area contributed by atoms with Gasteiger partial charge < -0.3 is 14.5 Å². The third-order valence-corrected chi connectivity index (χ3v) is 8.53. The molecule has 0 saturated heterocycles. The van der Waals surface area contributed by atoms with Crippen LogP contribution in [0.2, 0.25) is 0 Å². The van der Waals surface area contributed by atoms with E-state index in [4.69, 9.17) is 4.42 Å². The molecular formula is C20H23N5O6S3. The second kappa shape index (κ2) is 11.1. The Labute approximate surface area is 205 Å². The Kier molecular flexibility index (Phi) is 8.41. The molecule has 3 rings (SSSR count). The van der Waals surface area contributed by atoms with E-state index in [0.29, 0.717) is 29.2 Å². The Bertz CT molecular complexity index is 1270. The van der Waals surface area contributed by atoms with E-state index in [1.165, 1.54) is 23.5 Å². The average molecular weight is 526 g/mol. The van der Waals surface area contributed by atoms with E-state index >= 15 is 0 Å². The van der Waals surface area contributed by atoms with Crippen molar-refractivity contribution >= 4 is 50.1 Å². The van der Waals surface area contributed by atoms with Gasteiger partial charge in [-0.3, -0.25) is 4.79 Å². The van der Waals surface area contributed by atoms with E-state index in [9.17, 15) is 18.0 Å². The lowest BCUT2D eigenvalue weighted by Gasteiger charge is -2.18. The molecule has 0 aliphatic heterocycles. The number of nitrogens with one attached hydrogen (secondary N) is 1. The van der Waals surface area contributed by atoms with Gasteiger partial charge >= 0.3 is 5.97 Å². The summed E-state index contributed by atoms with van der Waals surface area (Å²) in [5.41, 5.74) is 1.02. The summed E-state index contributed by atoms with van der Waals surface area (Å²) in [4.78, 5) is 28.5. The lowest BCUT2D eigenvalue weighted by Crippen LogP contribution is -2.30. The molecule has 0 fully saturated rings. The van der Waals surface area contributed by atoms with Crippen molar-refractivity contribution in [1.29, 1.82) is 0 Å². The van der Waals surface area contributed by atoms with Gasteiger partial charge in [0.25, 0.3) is 5.22 Å². The number of carbonyl (C=O) groups is 2. The molecule has 1 N–H and O–H groups in total. The summed E-state index contributed by atoms with van der Waals surface area (Å²) >= 11 is 2.06. The second-order valence-corrected chi connectivity index (χ2v) is 10.6. The molecule has 14 heteroatoms. The summed E-state index contributed by atoms with van der Waals surface area (Å²) in [6.45, 7) is 5.98. The smallest absolute Gasteiger partial charge is 0.350 e. The Morgan fingerprint density at radius 3 is 2.47 bits per heavy atom.